The van der Waals surface area contributed by atoms with Crippen molar-refractivity contribution in [2.24, 2.45) is 5.73 Å². The van der Waals surface area contributed by atoms with E-state index < -0.39 is 28.1 Å². The molecule has 11 heteroatoms. The molecule has 0 saturated carbocycles. The standard InChI is InChI=1S/C14H19F3N2O4S.ClH/c1-24(21,22)9-7-11(18)13(20)19-8-6-10-4-2-3-5-12(10)23-14(15,16)17;/h2-5,11H,6-9,18H2,1H3,(H,19,20);1H. The summed E-state index contributed by atoms with van der Waals surface area (Å²) in [5.74, 6) is -1.11. The minimum atomic E-state index is -4.80. The van der Waals surface area contributed by atoms with Gasteiger partial charge in [0.05, 0.1) is 11.8 Å². The summed E-state index contributed by atoms with van der Waals surface area (Å²) in [5.41, 5.74) is 5.84. The van der Waals surface area contributed by atoms with E-state index in [-0.39, 0.29) is 48.9 Å². The molecule has 1 unspecified atom stereocenters. The van der Waals surface area contributed by atoms with Gasteiger partial charge < -0.3 is 15.8 Å². The first kappa shape index (κ1) is 23.5. The number of carbonyl (C=O) groups excluding carboxylic acids is 1. The summed E-state index contributed by atoms with van der Waals surface area (Å²) < 4.78 is 62.8. The van der Waals surface area contributed by atoms with Gasteiger partial charge in [0.1, 0.15) is 15.6 Å². The number of nitrogens with two attached hydrogens (primary N) is 1. The Bertz CT molecular complexity index is 668. The van der Waals surface area contributed by atoms with Crippen LogP contribution in [0.2, 0.25) is 0 Å². The van der Waals surface area contributed by atoms with Gasteiger partial charge in [-0.3, -0.25) is 4.79 Å². The molecule has 1 amide bonds. The van der Waals surface area contributed by atoms with Crippen LogP contribution in [0.25, 0.3) is 0 Å². The van der Waals surface area contributed by atoms with Crippen LogP contribution >= 0.6 is 12.4 Å². The van der Waals surface area contributed by atoms with Gasteiger partial charge in [-0.25, -0.2) is 8.42 Å². The average molecular weight is 405 g/mol. The minimum Gasteiger partial charge on any atom is -0.406 e. The van der Waals surface area contributed by atoms with Crippen LogP contribution in [0, 0.1) is 0 Å². The van der Waals surface area contributed by atoms with Crippen molar-refractivity contribution in [2.75, 3.05) is 18.6 Å². The minimum absolute atomic E-state index is 0. The summed E-state index contributed by atoms with van der Waals surface area (Å²) in [4.78, 5) is 11.7. The number of nitrogens with one attached hydrogen (secondary N) is 1. The monoisotopic (exact) mass is 404 g/mol. The number of rotatable bonds is 8. The molecule has 1 aromatic carbocycles. The molecule has 0 fully saturated rings. The van der Waals surface area contributed by atoms with Crippen LogP contribution in [0.15, 0.2) is 24.3 Å². The number of sulfone groups is 1. The maximum Gasteiger partial charge on any atom is 0.573 e. The molecule has 0 heterocycles. The molecule has 1 rings (SSSR count). The predicted molar refractivity (Wildman–Crippen MR) is 89.4 cm³/mol. The Morgan fingerprint density at radius 3 is 2.48 bits per heavy atom. The van der Waals surface area contributed by atoms with E-state index in [0.29, 0.717) is 0 Å². The topological polar surface area (TPSA) is 98.5 Å². The first-order valence-electron chi connectivity index (χ1n) is 7.02. The lowest BCUT2D eigenvalue weighted by Crippen LogP contribution is -2.42. The number of carbonyl (C=O) groups is 1. The zero-order valence-electron chi connectivity index (χ0n) is 13.4. The molecular formula is C14H20ClF3N2O4S. The lowest BCUT2D eigenvalue weighted by Gasteiger charge is -2.14. The van der Waals surface area contributed by atoms with Crippen molar-refractivity contribution in [2.45, 2.75) is 25.2 Å². The molecule has 0 aliphatic rings. The van der Waals surface area contributed by atoms with Crippen molar-refractivity contribution in [1.29, 1.82) is 0 Å². The van der Waals surface area contributed by atoms with Crippen LogP contribution in [0.3, 0.4) is 0 Å². The molecule has 6 nitrogen and oxygen atoms in total. The van der Waals surface area contributed by atoms with Gasteiger partial charge >= 0.3 is 6.36 Å². The third-order valence-electron chi connectivity index (χ3n) is 3.03. The molecule has 0 saturated heterocycles. The normalized spacial score (nSPS) is 12.8. The second kappa shape index (κ2) is 9.83. The summed E-state index contributed by atoms with van der Waals surface area (Å²) in [6, 6.07) is 4.60. The van der Waals surface area contributed by atoms with Gasteiger partial charge in [0, 0.05) is 12.8 Å². The highest BCUT2D eigenvalue weighted by Crippen LogP contribution is 2.26. The fourth-order valence-electron chi connectivity index (χ4n) is 1.86. The Balaban J connectivity index is 0.00000576. The van der Waals surface area contributed by atoms with E-state index in [4.69, 9.17) is 5.73 Å². The average Bonchev–Trinajstić information content (AvgIpc) is 2.44. The quantitative estimate of drug-likeness (QED) is 0.683. The van der Waals surface area contributed by atoms with Crippen molar-refractivity contribution in [3.63, 3.8) is 0 Å². The molecule has 3 N–H and O–H groups in total. The van der Waals surface area contributed by atoms with Gasteiger partial charge in [0.25, 0.3) is 0 Å². The molecule has 0 radical (unpaired) electrons. The molecule has 144 valence electrons. The van der Waals surface area contributed by atoms with Crippen LogP contribution < -0.4 is 15.8 Å². The molecule has 25 heavy (non-hydrogen) atoms. The third-order valence-corrected chi connectivity index (χ3v) is 4.01. The molecular weight excluding hydrogens is 385 g/mol. The maximum atomic E-state index is 12.3. The van der Waals surface area contributed by atoms with Crippen LogP contribution in [-0.2, 0) is 21.1 Å². The van der Waals surface area contributed by atoms with Crippen LogP contribution in [-0.4, -0.2) is 45.3 Å². The van der Waals surface area contributed by atoms with E-state index in [1.165, 1.54) is 18.2 Å². The van der Waals surface area contributed by atoms with Gasteiger partial charge in [0.15, 0.2) is 0 Å². The number of para-hydroxylation sites is 1. The van der Waals surface area contributed by atoms with Gasteiger partial charge in [-0.15, -0.1) is 25.6 Å². The lowest BCUT2D eigenvalue weighted by atomic mass is 10.1. The fourth-order valence-corrected chi connectivity index (χ4v) is 2.54. The number of amides is 1. The molecule has 0 bridgehead atoms. The zero-order chi connectivity index (χ0) is 18.4. The van der Waals surface area contributed by atoms with Crippen molar-refractivity contribution < 1.29 is 31.1 Å². The molecule has 1 aromatic rings. The first-order chi connectivity index (χ1) is 11.0. The smallest absolute Gasteiger partial charge is 0.406 e. The molecule has 0 aliphatic heterocycles. The Morgan fingerprint density at radius 2 is 1.92 bits per heavy atom. The summed E-state index contributed by atoms with van der Waals surface area (Å²) >= 11 is 0. The highest BCUT2D eigenvalue weighted by molar-refractivity contribution is 7.90. The van der Waals surface area contributed by atoms with Crippen LogP contribution in [0.4, 0.5) is 13.2 Å². The first-order valence-corrected chi connectivity index (χ1v) is 9.08. The summed E-state index contributed by atoms with van der Waals surface area (Å²) in [5, 5.41) is 2.46. The molecule has 0 aromatic heterocycles. The van der Waals surface area contributed by atoms with Crippen LogP contribution in [0.5, 0.6) is 5.75 Å². The van der Waals surface area contributed by atoms with Gasteiger partial charge in [-0.1, -0.05) is 18.2 Å². The SMILES string of the molecule is CS(=O)(=O)CCC(N)C(=O)NCCc1ccccc1OC(F)(F)F.Cl. The predicted octanol–water partition coefficient (Wildman–Crippen LogP) is 1.43. The van der Waals surface area contributed by atoms with E-state index in [1.807, 2.05) is 0 Å². The molecule has 0 aliphatic carbocycles. The third kappa shape index (κ3) is 10.1. The summed E-state index contributed by atoms with van der Waals surface area (Å²) in [7, 11) is -3.22. The lowest BCUT2D eigenvalue weighted by molar-refractivity contribution is -0.274. The highest BCUT2D eigenvalue weighted by Gasteiger charge is 2.31. The maximum absolute atomic E-state index is 12.3. The molecule has 0 spiro atoms. The highest BCUT2D eigenvalue weighted by atomic mass is 35.5. The number of hydrogen-bond donors (Lipinski definition) is 2. The number of benzene rings is 1. The Labute approximate surface area is 150 Å². The van der Waals surface area contributed by atoms with Crippen molar-refractivity contribution in [3.8, 4) is 5.75 Å². The van der Waals surface area contributed by atoms with E-state index in [2.05, 4.69) is 10.1 Å². The van der Waals surface area contributed by atoms with Crippen molar-refractivity contribution in [1.82, 2.24) is 5.32 Å². The second-order valence-corrected chi connectivity index (χ2v) is 7.48. The van der Waals surface area contributed by atoms with E-state index in [9.17, 15) is 26.4 Å². The number of alkyl halides is 3. The number of halogens is 4. The van der Waals surface area contributed by atoms with Crippen molar-refractivity contribution in [3.05, 3.63) is 29.8 Å². The van der Waals surface area contributed by atoms with Crippen LogP contribution in [0.1, 0.15) is 12.0 Å². The van der Waals surface area contributed by atoms with E-state index >= 15 is 0 Å². The van der Waals surface area contributed by atoms with Gasteiger partial charge in [-0.05, 0) is 24.5 Å². The van der Waals surface area contributed by atoms with E-state index in [0.717, 1.165) is 6.26 Å². The summed E-state index contributed by atoms with van der Waals surface area (Å²) in [6.07, 6.45) is -3.68. The number of ether oxygens (including phenoxy) is 1. The molecule has 1 atom stereocenters. The van der Waals surface area contributed by atoms with Gasteiger partial charge in [-0.2, -0.15) is 0 Å². The largest absolute Gasteiger partial charge is 0.573 e. The Morgan fingerprint density at radius 1 is 1.32 bits per heavy atom. The Kier molecular flexibility index (Phi) is 9.23. The summed E-state index contributed by atoms with van der Waals surface area (Å²) in [6.45, 7) is 0.0453. The second-order valence-electron chi connectivity index (χ2n) is 5.22. The number of hydrogen-bond acceptors (Lipinski definition) is 5. The van der Waals surface area contributed by atoms with Crippen molar-refractivity contribution >= 4 is 28.2 Å². The van der Waals surface area contributed by atoms with Gasteiger partial charge in [0.2, 0.25) is 5.91 Å². The van der Waals surface area contributed by atoms with E-state index in [1.54, 1.807) is 6.07 Å². The fraction of sp³-hybridized carbons (Fsp3) is 0.500. The zero-order valence-corrected chi connectivity index (χ0v) is 15.0. The Hall–Kier alpha value is -1.52.